The quantitative estimate of drug-likeness (QED) is 0.790. The lowest BCUT2D eigenvalue weighted by Crippen LogP contribution is -2.46. The van der Waals surface area contributed by atoms with E-state index in [0.717, 1.165) is 10.5 Å². The van der Waals surface area contributed by atoms with Gasteiger partial charge in [0.25, 0.3) is 0 Å². The van der Waals surface area contributed by atoms with E-state index in [0.29, 0.717) is 0 Å². The molecular formula is C12H17NO2S. The minimum atomic E-state index is -0.973. The van der Waals surface area contributed by atoms with Gasteiger partial charge in [-0.1, -0.05) is 26.0 Å². The Morgan fingerprint density at radius 2 is 1.88 bits per heavy atom. The van der Waals surface area contributed by atoms with Crippen LogP contribution in [-0.2, 0) is 10.2 Å². The molecule has 1 atom stereocenters. The third-order valence-corrected chi connectivity index (χ3v) is 3.62. The van der Waals surface area contributed by atoms with E-state index >= 15 is 0 Å². The lowest BCUT2D eigenvalue weighted by atomic mass is 9.78. The molecule has 1 rings (SSSR count). The zero-order valence-corrected chi connectivity index (χ0v) is 10.5. The molecule has 0 fully saturated rings. The number of aliphatic carboxylic acids is 1. The third-order valence-electron chi connectivity index (χ3n) is 2.88. The summed E-state index contributed by atoms with van der Waals surface area (Å²) in [6, 6.07) is 6.95. The van der Waals surface area contributed by atoms with Gasteiger partial charge in [0.15, 0.2) is 0 Å². The van der Waals surface area contributed by atoms with Gasteiger partial charge in [-0.25, -0.2) is 0 Å². The minimum absolute atomic E-state index is 0.567. The second-order valence-electron chi connectivity index (χ2n) is 4.27. The van der Waals surface area contributed by atoms with E-state index in [1.807, 2.05) is 44.4 Å². The first-order valence-corrected chi connectivity index (χ1v) is 6.25. The summed E-state index contributed by atoms with van der Waals surface area (Å²) in [7, 11) is 0. The smallest absolute Gasteiger partial charge is 0.321 e. The van der Waals surface area contributed by atoms with Gasteiger partial charge in [-0.2, -0.15) is 0 Å². The van der Waals surface area contributed by atoms with Crippen LogP contribution in [0.4, 0.5) is 0 Å². The van der Waals surface area contributed by atoms with E-state index < -0.39 is 17.4 Å². The van der Waals surface area contributed by atoms with Crippen LogP contribution in [0.25, 0.3) is 0 Å². The average molecular weight is 239 g/mol. The van der Waals surface area contributed by atoms with Crippen LogP contribution in [0.5, 0.6) is 0 Å². The predicted molar refractivity (Wildman–Crippen MR) is 66.9 cm³/mol. The van der Waals surface area contributed by atoms with E-state index in [9.17, 15) is 4.79 Å². The van der Waals surface area contributed by atoms with Crippen molar-refractivity contribution in [3.05, 3.63) is 29.8 Å². The Morgan fingerprint density at radius 1 is 1.38 bits per heavy atom. The SMILES string of the molecule is CSc1ccc(C(C)(C)C(N)C(=O)O)cc1. The molecule has 16 heavy (non-hydrogen) atoms. The van der Waals surface area contributed by atoms with E-state index in [4.69, 9.17) is 10.8 Å². The topological polar surface area (TPSA) is 63.3 Å². The molecule has 0 bridgehead atoms. The van der Waals surface area contributed by atoms with Gasteiger partial charge in [0.05, 0.1) is 0 Å². The average Bonchev–Trinajstić information content (AvgIpc) is 2.28. The lowest BCUT2D eigenvalue weighted by Gasteiger charge is -2.29. The molecule has 0 aliphatic carbocycles. The summed E-state index contributed by atoms with van der Waals surface area (Å²) in [5, 5.41) is 8.95. The standard InChI is InChI=1S/C12H17NO2S/c1-12(2,10(13)11(14)15)8-4-6-9(16-3)7-5-8/h4-7,10H,13H2,1-3H3,(H,14,15). The zero-order valence-electron chi connectivity index (χ0n) is 9.73. The Hall–Kier alpha value is -1.00. The first-order chi connectivity index (χ1) is 7.39. The van der Waals surface area contributed by atoms with Crippen molar-refractivity contribution < 1.29 is 9.90 Å². The van der Waals surface area contributed by atoms with Crippen LogP contribution < -0.4 is 5.73 Å². The molecule has 1 aromatic rings. The molecular weight excluding hydrogens is 222 g/mol. The van der Waals surface area contributed by atoms with Gasteiger partial charge in [0.2, 0.25) is 0 Å². The predicted octanol–water partition coefficient (Wildman–Crippen LogP) is 2.10. The van der Waals surface area contributed by atoms with Crippen LogP contribution in [-0.4, -0.2) is 23.4 Å². The van der Waals surface area contributed by atoms with Gasteiger partial charge in [-0.05, 0) is 24.0 Å². The van der Waals surface area contributed by atoms with Crippen molar-refractivity contribution in [3.8, 4) is 0 Å². The minimum Gasteiger partial charge on any atom is -0.480 e. The van der Waals surface area contributed by atoms with Crippen LogP contribution >= 0.6 is 11.8 Å². The maximum atomic E-state index is 10.9. The largest absolute Gasteiger partial charge is 0.480 e. The fraction of sp³-hybridized carbons (Fsp3) is 0.417. The molecule has 3 nitrogen and oxygen atoms in total. The van der Waals surface area contributed by atoms with E-state index in [1.54, 1.807) is 11.8 Å². The van der Waals surface area contributed by atoms with Crippen LogP contribution in [0.2, 0.25) is 0 Å². The van der Waals surface area contributed by atoms with E-state index in [2.05, 4.69) is 0 Å². The highest BCUT2D eigenvalue weighted by Crippen LogP contribution is 2.28. The Kier molecular flexibility index (Phi) is 3.99. The van der Waals surface area contributed by atoms with Crippen molar-refractivity contribution in [2.45, 2.75) is 30.2 Å². The van der Waals surface area contributed by atoms with Crippen molar-refractivity contribution in [1.82, 2.24) is 0 Å². The first-order valence-electron chi connectivity index (χ1n) is 5.02. The van der Waals surface area contributed by atoms with E-state index in [1.165, 1.54) is 0 Å². The second-order valence-corrected chi connectivity index (χ2v) is 5.15. The monoisotopic (exact) mass is 239 g/mol. The summed E-state index contributed by atoms with van der Waals surface area (Å²) < 4.78 is 0. The Morgan fingerprint density at radius 3 is 2.25 bits per heavy atom. The number of carboxylic acids is 1. The van der Waals surface area contributed by atoms with Crippen molar-refractivity contribution in [2.24, 2.45) is 5.73 Å². The molecule has 0 aliphatic heterocycles. The molecule has 0 heterocycles. The zero-order chi connectivity index (χ0) is 12.3. The van der Waals surface area contributed by atoms with Gasteiger partial charge in [-0.15, -0.1) is 11.8 Å². The Bertz CT molecular complexity index is 373. The summed E-state index contributed by atoms with van der Waals surface area (Å²) >= 11 is 1.66. The molecule has 0 saturated heterocycles. The number of rotatable bonds is 4. The van der Waals surface area contributed by atoms with Crippen LogP contribution in [0.15, 0.2) is 29.2 Å². The maximum Gasteiger partial charge on any atom is 0.321 e. The van der Waals surface area contributed by atoms with Gasteiger partial charge >= 0.3 is 5.97 Å². The van der Waals surface area contributed by atoms with E-state index in [-0.39, 0.29) is 0 Å². The number of thioether (sulfide) groups is 1. The molecule has 3 N–H and O–H groups in total. The third kappa shape index (κ3) is 2.57. The maximum absolute atomic E-state index is 10.9. The van der Waals surface area contributed by atoms with Crippen molar-refractivity contribution in [2.75, 3.05) is 6.26 Å². The molecule has 4 heteroatoms. The number of hydrogen-bond donors (Lipinski definition) is 2. The molecule has 1 unspecified atom stereocenters. The molecule has 88 valence electrons. The summed E-state index contributed by atoms with van der Waals surface area (Å²) in [4.78, 5) is 12.1. The van der Waals surface area contributed by atoms with Crippen LogP contribution in [0, 0.1) is 0 Å². The number of carboxylic acid groups (broad SMARTS) is 1. The van der Waals surface area contributed by atoms with Crippen LogP contribution in [0.1, 0.15) is 19.4 Å². The molecule has 0 spiro atoms. The van der Waals surface area contributed by atoms with Crippen molar-refractivity contribution in [1.29, 1.82) is 0 Å². The second kappa shape index (κ2) is 4.89. The number of hydrogen-bond acceptors (Lipinski definition) is 3. The lowest BCUT2D eigenvalue weighted by molar-refractivity contribution is -0.140. The highest BCUT2D eigenvalue weighted by Gasteiger charge is 2.33. The van der Waals surface area contributed by atoms with Crippen LogP contribution in [0.3, 0.4) is 0 Å². The highest BCUT2D eigenvalue weighted by atomic mass is 32.2. The number of carbonyl (C=O) groups is 1. The summed E-state index contributed by atoms with van der Waals surface area (Å²) in [5.74, 6) is -0.973. The fourth-order valence-corrected chi connectivity index (χ4v) is 1.92. The highest BCUT2D eigenvalue weighted by molar-refractivity contribution is 7.98. The molecule has 0 radical (unpaired) electrons. The van der Waals surface area contributed by atoms with Gasteiger partial charge in [0, 0.05) is 10.3 Å². The van der Waals surface area contributed by atoms with Crippen molar-refractivity contribution in [3.63, 3.8) is 0 Å². The first kappa shape index (κ1) is 13.1. The summed E-state index contributed by atoms with van der Waals surface area (Å²) in [6.07, 6.45) is 2.00. The number of benzene rings is 1. The van der Waals surface area contributed by atoms with Gasteiger partial charge in [-0.3, -0.25) is 4.79 Å². The molecule has 0 aromatic heterocycles. The van der Waals surface area contributed by atoms with Gasteiger partial charge < -0.3 is 10.8 Å². The molecule has 1 aromatic carbocycles. The summed E-state index contributed by atoms with van der Waals surface area (Å²) in [5.41, 5.74) is 6.07. The normalized spacial score (nSPS) is 13.5. The number of nitrogens with two attached hydrogens (primary N) is 1. The molecule has 0 aliphatic rings. The summed E-state index contributed by atoms with van der Waals surface area (Å²) in [6.45, 7) is 3.69. The van der Waals surface area contributed by atoms with Gasteiger partial charge in [0.1, 0.15) is 6.04 Å². The Labute approximate surface area is 100 Å². The molecule has 0 saturated carbocycles. The fourth-order valence-electron chi connectivity index (χ4n) is 1.51. The molecule has 0 amide bonds. The Balaban J connectivity index is 3.02. The van der Waals surface area contributed by atoms with Crippen molar-refractivity contribution >= 4 is 17.7 Å².